The Bertz CT molecular complexity index is 906. The second-order valence-electron chi connectivity index (χ2n) is 5.85. The highest BCUT2D eigenvalue weighted by Gasteiger charge is 2.16. The van der Waals surface area contributed by atoms with Crippen molar-refractivity contribution >= 4 is 27.4 Å². The van der Waals surface area contributed by atoms with Crippen molar-refractivity contribution in [1.29, 1.82) is 0 Å². The number of sulfonamides is 1. The van der Waals surface area contributed by atoms with Gasteiger partial charge in [0.1, 0.15) is 5.75 Å². The summed E-state index contributed by atoms with van der Waals surface area (Å²) in [6.07, 6.45) is 0. The SMILES string of the molecule is COc1ccc(S(=O)(=O)NCCN(C(C)=O)c2ccc(C(C)=O)cc2)cc1. The summed E-state index contributed by atoms with van der Waals surface area (Å²) in [4.78, 5) is 24.8. The van der Waals surface area contributed by atoms with Crippen LogP contribution in [0, 0.1) is 0 Å². The van der Waals surface area contributed by atoms with Crippen molar-refractivity contribution in [3.63, 3.8) is 0 Å². The van der Waals surface area contributed by atoms with Crippen LogP contribution in [-0.4, -0.2) is 40.3 Å². The average Bonchev–Trinajstić information content (AvgIpc) is 2.65. The number of Topliss-reactive ketones (excluding diaryl/α,β-unsaturated/α-hetero) is 1. The zero-order valence-electron chi connectivity index (χ0n) is 15.4. The number of rotatable bonds is 8. The van der Waals surface area contributed by atoms with Gasteiger partial charge in [0.25, 0.3) is 0 Å². The number of benzene rings is 2. The van der Waals surface area contributed by atoms with Gasteiger partial charge in [-0.2, -0.15) is 0 Å². The van der Waals surface area contributed by atoms with Gasteiger partial charge < -0.3 is 9.64 Å². The van der Waals surface area contributed by atoms with E-state index in [0.29, 0.717) is 17.0 Å². The minimum atomic E-state index is -3.69. The molecular weight excluding hydrogens is 368 g/mol. The molecule has 27 heavy (non-hydrogen) atoms. The molecule has 0 spiro atoms. The molecule has 0 heterocycles. The second kappa shape index (κ2) is 8.79. The molecule has 0 aliphatic carbocycles. The average molecular weight is 390 g/mol. The smallest absolute Gasteiger partial charge is 0.240 e. The molecule has 0 bridgehead atoms. The van der Waals surface area contributed by atoms with E-state index in [1.54, 1.807) is 36.4 Å². The number of hydrogen-bond acceptors (Lipinski definition) is 5. The maximum atomic E-state index is 12.3. The number of ether oxygens (including phenoxy) is 1. The van der Waals surface area contributed by atoms with Gasteiger partial charge in [0.15, 0.2) is 5.78 Å². The first-order valence-corrected chi connectivity index (χ1v) is 9.76. The summed E-state index contributed by atoms with van der Waals surface area (Å²) in [7, 11) is -2.19. The molecular formula is C19H22N2O5S. The van der Waals surface area contributed by atoms with Crippen molar-refractivity contribution in [3.05, 3.63) is 54.1 Å². The Morgan fingerprint density at radius 3 is 2.07 bits per heavy atom. The molecule has 1 amide bonds. The van der Waals surface area contributed by atoms with Crippen molar-refractivity contribution in [3.8, 4) is 5.75 Å². The molecule has 0 fully saturated rings. The van der Waals surface area contributed by atoms with Crippen LogP contribution in [0.25, 0.3) is 0 Å². The van der Waals surface area contributed by atoms with Crippen molar-refractivity contribution in [2.45, 2.75) is 18.7 Å². The highest BCUT2D eigenvalue weighted by atomic mass is 32.2. The molecule has 2 aromatic carbocycles. The minimum absolute atomic E-state index is 0.0440. The van der Waals surface area contributed by atoms with Crippen LogP contribution in [0.15, 0.2) is 53.4 Å². The van der Waals surface area contributed by atoms with Crippen LogP contribution in [0.2, 0.25) is 0 Å². The Morgan fingerprint density at radius 1 is 1.00 bits per heavy atom. The van der Waals surface area contributed by atoms with Crippen LogP contribution < -0.4 is 14.4 Å². The standard InChI is InChI=1S/C19H22N2O5S/c1-14(22)16-4-6-17(7-5-16)21(15(2)23)13-12-20-27(24,25)19-10-8-18(26-3)9-11-19/h4-11,20H,12-13H2,1-3H3. The maximum absolute atomic E-state index is 12.3. The van der Waals surface area contributed by atoms with E-state index in [4.69, 9.17) is 4.74 Å². The molecule has 7 nitrogen and oxygen atoms in total. The van der Waals surface area contributed by atoms with Crippen molar-refractivity contribution in [1.82, 2.24) is 4.72 Å². The molecule has 0 saturated heterocycles. The lowest BCUT2D eigenvalue weighted by atomic mass is 10.1. The first-order valence-electron chi connectivity index (χ1n) is 8.27. The van der Waals surface area contributed by atoms with Crippen molar-refractivity contribution < 1.29 is 22.7 Å². The molecule has 0 atom stereocenters. The van der Waals surface area contributed by atoms with Gasteiger partial charge in [-0.25, -0.2) is 13.1 Å². The Hall–Kier alpha value is -2.71. The van der Waals surface area contributed by atoms with E-state index in [-0.39, 0.29) is 29.7 Å². The third-order valence-electron chi connectivity index (χ3n) is 3.96. The fraction of sp³-hybridized carbons (Fsp3) is 0.263. The number of carbonyl (C=O) groups is 2. The van der Waals surface area contributed by atoms with Gasteiger partial charge >= 0.3 is 0 Å². The second-order valence-corrected chi connectivity index (χ2v) is 7.61. The van der Waals surface area contributed by atoms with Crippen LogP contribution in [0.1, 0.15) is 24.2 Å². The highest BCUT2D eigenvalue weighted by Crippen LogP contribution is 2.17. The molecule has 8 heteroatoms. The number of methoxy groups -OCH3 is 1. The van der Waals surface area contributed by atoms with E-state index in [2.05, 4.69) is 4.72 Å². The molecule has 0 aliphatic rings. The molecule has 0 saturated carbocycles. The number of nitrogens with zero attached hydrogens (tertiary/aromatic N) is 1. The Labute approximate surface area is 159 Å². The number of carbonyl (C=O) groups excluding carboxylic acids is 2. The Balaban J connectivity index is 2.05. The number of ketones is 1. The van der Waals surface area contributed by atoms with E-state index >= 15 is 0 Å². The summed E-state index contributed by atoms with van der Waals surface area (Å²) in [5, 5.41) is 0. The number of amides is 1. The molecule has 0 radical (unpaired) electrons. The summed E-state index contributed by atoms with van der Waals surface area (Å²) in [5.41, 5.74) is 1.14. The van der Waals surface area contributed by atoms with Gasteiger partial charge in [-0.15, -0.1) is 0 Å². The van der Waals surface area contributed by atoms with E-state index in [0.717, 1.165) is 0 Å². The van der Waals surface area contributed by atoms with Gasteiger partial charge in [-0.05, 0) is 55.5 Å². The van der Waals surface area contributed by atoms with Gasteiger partial charge in [0, 0.05) is 31.3 Å². The fourth-order valence-electron chi connectivity index (χ4n) is 2.47. The molecule has 0 aliphatic heterocycles. The zero-order valence-corrected chi connectivity index (χ0v) is 16.2. The van der Waals surface area contributed by atoms with Gasteiger partial charge in [0.05, 0.1) is 12.0 Å². The summed E-state index contributed by atoms with van der Waals surface area (Å²) >= 11 is 0. The molecule has 2 rings (SSSR count). The minimum Gasteiger partial charge on any atom is -0.497 e. The van der Waals surface area contributed by atoms with Gasteiger partial charge in [0.2, 0.25) is 15.9 Å². The third-order valence-corrected chi connectivity index (χ3v) is 5.44. The number of nitrogens with one attached hydrogen (secondary N) is 1. The van der Waals surface area contributed by atoms with Crippen molar-refractivity contribution in [2.75, 3.05) is 25.1 Å². The number of anilines is 1. The van der Waals surface area contributed by atoms with E-state index in [9.17, 15) is 18.0 Å². The van der Waals surface area contributed by atoms with E-state index < -0.39 is 10.0 Å². The van der Waals surface area contributed by atoms with E-state index in [1.807, 2.05) is 0 Å². The van der Waals surface area contributed by atoms with Crippen molar-refractivity contribution in [2.24, 2.45) is 0 Å². The first-order chi connectivity index (χ1) is 12.7. The van der Waals surface area contributed by atoms with E-state index in [1.165, 1.54) is 38.0 Å². The Morgan fingerprint density at radius 2 is 1.59 bits per heavy atom. The normalized spacial score (nSPS) is 11.1. The zero-order chi connectivity index (χ0) is 20.0. The van der Waals surface area contributed by atoms with Gasteiger partial charge in [-0.1, -0.05) is 0 Å². The summed E-state index contributed by atoms with van der Waals surface area (Å²) in [6.45, 7) is 3.06. The number of hydrogen-bond donors (Lipinski definition) is 1. The van der Waals surface area contributed by atoms with Crippen LogP contribution >= 0.6 is 0 Å². The van der Waals surface area contributed by atoms with Crippen LogP contribution in [-0.2, 0) is 14.8 Å². The largest absolute Gasteiger partial charge is 0.497 e. The lowest BCUT2D eigenvalue weighted by molar-refractivity contribution is -0.116. The van der Waals surface area contributed by atoms with Gasteiger partial charge in [-0.3, -0.25) is 9.59 Å². The monoisotopic (exact) mass is 390 g/mol. The van der Waals surface area contributed by atoms with Crippen LogP contribution in [0.5, 0.6) is 5.75 Å². The Kier molecular flexibility index (Phi) is 6.70. The highest BCUT2D eigenvalue weighted by molar-refractivity contribution is 7.89. The molecule has 0 aromatic heterocycles. The third kappa shape index (κ3) is 5.38. The molecule has 1 N–H and O–H groups in total. The summed E-state index contributed by atoms with van der Waals surface area (Å²) < 4.78 is 32.2. The lowest BCUT2D eigenvalue weighted by Crippen LogP contribution is -2.37. The summed E-state index contributed by atoms with van der Waals surface area (Å²) in [5.74, 6) is 0.267. The predicted molar refractivity (Wildman–Crippen MR) is 103 cm³/mol. The summed E-state index contributed by atoms with van der Waals surface area (Å²) in [6, 6.07) is 12.6. The van der Waals surface area contributed by atoms with Crippen LogP contribution in [0.4, 0.5) is 5.69 Å². The first kappa shape index (κ1) is 20.6. The predicted octanol–water partition coefficient (Wildman–Crippen LogP) is 2.23. The quantitative estimate of drug-likeness (QED) is 0.698. The fourth-order valence-corrected chi connectivity index (χ4v) is 3.50. The van der Waals surface area contributed by atoms with Crippen LogP contribution in [0.3, 0.4) is 0 Å². The topological polar surface area (TPSA) is 92.8 Å². The molecule has 0 unspecified atom stereocenters. The molecule has 144 valence electrons. The lowest BCUT2D eigenvalue weighted by Gasteiger charge is -2.21. The maximum Gasteiger partial charge on any atom is 0.240 e. The molecule has 2 aromatic rings.